The number of anilines is 1. The molecule has 154 valence electrons. The van der Waals surface area contributed by atoms with Crippen molar-refractivity contribution in [3.8, 4) is 5.75 Å². The van der Waals surface area contributed by atoms with Gasteiger partial charge in [0.1, 0.15) is 5.75 Å². The maximum Gasteiger partial charge on any atom is 0.262 e. The highest BCUT2D eigenvalue weighted by Crippen LogP contribution is 2.33. The van der Waals surface area contributed by atoms with E-state index in [0.717, 1.165) is 6.42 Å². The third kappa shape index (κ3) is 4.95. The molecule has 29 heavy (non-hydrogen) atoms. The Hall–Kier alpha value is -2.87. The first kappa shape index (κ1) is 20.9. The molecular weight excluding hydrogens is 392 g/mol. The number of nitrogens with one attached hydrogen (secondary N) is 1. The van der Waals surface area contributed by atoms with Crippen LogP contribution < -0.4 is 15.0 Å². The largest absolute Gasteiger partial charge is 0.477 e. The number of rotatable bonds is 7. The van der Waals surface area contributed by atoms with Gasteiger partial charge in [0.15, 0.2) is 15.9 Å². The van der Waals surface area contributed by atoms with Crippen LogP contribution in [0.5, 0.6) is 5.75 Å². The average Bonchev–Trinajstić information content (AvgIpc) is 2.75. The number of nitrogens with zero attached hydrogens (tertiary/aromatic N) is 1. The molecule has 0 fully saturated rings. The zero-order valence-corrected chi connectivity index (χ0v) is 17.0. The summed E-state index contributed by atoms with van der Waals surface area (Å²) in [5.41, 5.74) is 0.536. The molecule has 0 radical (unpaired) electrons. The van der Waals surface area contributed by atoms with Gasteiger partial charge in [0, 0.05) is 13.0 Å². The van der Waals surface area contributed by atoms with Crippen molar-refractivity contribution in [2.45, 2.75) is 30.8 Å². The summed E-state index contributed by atoms with van der Waals surface area (Å²) in [6.07, 6.45) is -0.240. The third-order valence-corrected chi connectivity index (χ3v) is 6.34. The molecule has 2 aromatic rings. The molecule has 0 saturated heterocycles. The predicted molar refractivity (Wildman–Crippen MR) is 110 cm³/mol. The van der Waals surface area contributed by atoms with E-state index >= 15 is 0 Å². The van der Waals surface area contributed by atoms with Gasteiger partial charge < -0.3 is 15.0 Å². The average molecular weight is 416 g/mol. The van der Waals surface area contributed by atoms with E-state index < -0.39 is 15.9 Å². The summed E-state index contributed by atoms with van der Waals surface area (Å²) >= 11 is 0. The number of fused-ring (bicyclic) bond motifs is 1. The molecule has 0 bridgehead atoms. The minimum absolute atomic E-state index is 0.0385. The summed E-state index contributed by atoms with van der Waals surface area (Å²) in [5, 5.41) is 2.77. The van der Waals surface area contributed by atoms with Crippen molar-refractivity contribution in [2.24, 2.45) is 0 Å². The van der Waals surface area contributed by atoms with Crippen molar-refractivity contribution >= 4 is 27.3 Å². The fraction of sp³-hybridized carbons (Fsp3) is 0.333. The van der Waals surface area contributed by atoms with Gasteiger partial charge in [0.25, 0.3) is 5.91 Å². The minimum Gasteiger partial charge on any atom is -0.477 e. The first-order chi connectivity index (χ1) is 13.9. The molecule has 1 aliphatic heterocycles. The van der Waals surface area contributed by atoms with Crippen LogP contribution in [-0.2, 0) is 19.4 Å². The zero-order chi connectivity index (χ0) is 20.9. The molecule has 0 aliphatic carbocycles. The second-order valence-corrected chi connectivity index (χ2v) is 8.86. The van der Waals surface area contributed by atoms with E-state index in [1.807, 2.05) is 6.92 Å². The quantitative estimate of drug-likeness (QED) is 0.747. The number of carbonyl (C=O) groups is 2. The van der Waals surface area contributed by atoms with Gasteiger partial charge in [0.2, 0.25) is 5.91 Å². The van der Waals surface area contributed by atoms with Crippen LogP contribution in [0.1, 0.15) is 19.8 Å². The molecule has 1 N–H and O–H groups in total. The van der Waals surface area contributed by atoms with Gasteiger partial charge in [-0.1, -0.05) is 37.3 Å². The summed E-state index contributed by atoms with van der Waals surface area (Å²) < 4.78 is 30.8. The van der Waals surface area contributed by atoms with Gasteiger partial charge in [-0.05, 0) is 30.7 Å². The molecule has 0 spiro atoms. The van der Waals surface area contributed by atoms with E-state index in [1.54, 1.807) is 42.5 Å². The lowest BCUT2D eigenvalue weighted by atomic mass is 10.1. The van der Waals surface area contributed by atoms with E-state index in [9.17, 15) is 18.0 Å². The van der Waals surface area contributed by atoms with Crippen LogP contribution in [0.2, 0.25) is 0 Å². The highest BCUT2D eigenvalue weighted by Gasteiger charge is 2.33. The van der Waals surface area contributed by atoms with Gasteiger partial charge in [-0.15, -0.1) is 0 Å². The van der Waals surface area contributed by atoms with Crippen LogP contribution >= 0.6 is 0 Å². The van der Waals surface area contributed by atoms with E-state index in [2.05, 4.69) is 5.32 Å². The zero-order valence-electron chi connectivity index (χ0n) is 16.2. The van der Waals surface area contributed by atoms with Gasteiger partial charge in [-0.2, -0.15) is 0 Å². The number of benzene rings is 2. The number of para-hydroxylation sites is 2. The summed E-state index contributed by atoms with van der Waals surface area (Å²) in [5.74, 6) is -0.540. The van der Waals surface area contributed by atoms with Crippen molar-refractivity contribution < 1.29 is 22.7 Å². The SMILES string of the molecule is CCCNC(=O)[C@@H]1CN(C(=O)CCS(=O)(=O)c2ccccc2)c2ccccc2O1. The molecule has 7 nitrogen and oxygen atoms in total. The van der Waals surface area contributed by atoms with Crippen molar-refractivity contribution in [1.82, 2.24) is 5.32 Å². The highest BCUT2D eigenvalue weighted by molar-refractivity contribution is 7.91. The van der Waals surface area contributed by atoms with Gasteiger partial charge in [0.05, 0.1) is 22.9 Å². The van der Waals surface area contributed by atoms with Gasteiger partial charge >= 0.3 is 0 Å². The lowest BCUT2D eigenvalue weighted by Crippen LogP contribution is -2.51. The number of amides is 2. The van der Waals surface area contributed by atoms with Crippen molar-refractivity contribution in [2.75, 3.05) is 23.7 Å². The molecule has 3 rings (SSSR count). The summed E-state index contributed by atoms with van der Waals surface area (Å²) in [6, 6.07) is 15.0. The monoisotopic (exact) mass is 416 g/mol. The number of hydrogen-bond donors (Lipinski definition) is 1. The second kappa shape index (κ2) is 9.09. The molecule has 0 saturated carbocycles. The van der Waals surface area contributed by atoms with Crippen LogP contribution in [0.15, 0.2) is 59.5 Å². The van der Waals surface area contributed by atoms with E-state index in [4.69, 9.17) is 4.74 Å². The molecule has 0 aromatic heterocycles. The summed E-state index contributed by atoms with van der Waals surface area (Å²) in [7, 11) is -3.57. The predicted octanol–water partition coefficient (Wildman–Crippen LogP) is 2.17. The molecule has 0 unspecified atom stereocenters. The van der Waals surface area contributed by atoms with Crippen molar-refractivity contribution in [3.05, 3.63) is 54.6 Å². The minimum atomic E-state index is -3.57. The molecule has 1 aliphatic rings. The standard InChI is InChI=1S/C21H24N2O5S/c1-2-13-22-21(25)19-15-23(17-10-6-7-11-18(17)28-19)20(24)12-14-29(26,27)16-8-4-3-5-9-16/h3-11,19H,2,12-15H2,1H3,(H,22,25)/t19-/m0/s1. The normalized spacial score (nSPS) is 15.9. The van der Waals surface area contributed by atoms with Crippen LogP contribution in [0, 0.1) is 0 Å². The first-order valence-electron chi connectivity index (χ1n) is 9.54. The molecular formula is C21H24N2O5S. The number of hydrogen-bond acceptors (Lipinski definition) is 5. The number of carbonyl (C=O) groups excluding carboxylic acids is 2. The molecule has 1 heterocycles. The number of sulfone groups is 1. The van der Waals surface area contributed by atoms with Crippen LogP contribution in [0.25, 0.3) is 0 Å². The van der Waals surface area contributed by atoms with E-state index in [0.29, 0.717) is 18.0 Å². The van der Waals surface area contributed by atoms with Crippen LogP contribution in [0.3, 0.4) is 0 Å². The van der Waals surface area contributed by atoms with E-state index in [-0.39, 0.29) is 35.4 Å². The Morgan fingerprint density at radius 3 is 2.52 bits per heavy atom. The lowest BCUT2D eigenvalue weighted by molar-refractivity contribution is -0.128. The Bertz CT molecular complexity index is 976. The van der Waals surface area contributed by atoms with Gasteiger partial charge in [-0.3, -0.25) is 9.59 Å². The lowest BCUT2D eigenvalue weighted by Gasteiger charge is -2.34. The smallest absolute Gasteiger partial charge is 0.262 e. The van der Waals surface area contributed by atoms with Crippen LogP contribution in [0.4, 0.5) is 5.69 Å². The maximum absolute atomic E-state index is 12.9. The fourth-order valence-electron chi connectivity index (χ4n) is 3.07. The van der Waals surface area contributed by atoms with E-state index in [1.165, 1.54) is 17.0 Å². The second-order valence-electron chi connectivity index (χ2n) is 6.75. The van der Waals surface area contributed by atoms with Gasteiger partial charge in [-0.25, -0.2) is 8.42 Å². The topological polar surface area (TPSA) is 92.8 Å². The fourth-order valence-corrected chi connectivity index (χ4v) is 4.32. The first-order valence-corrected chi connectivity index (χ1v) is 11.2. The molecule has 2 aromatic carbocycles. The summed E-state index contributed by atoms with van der Waals surface area (Å²) in [6.45, 7) is 2.50. The molecule has 1 atom stereocenters. The molecule has 8 heteroatoms. The third-order valence-electron chi connectivity index (χ3n) is 4.60. The Labute approximate surface area is 170 Å². The Balaban J connectivity index is 1.75. The number of ether oxygens (including phenoxy) is 1. The van der Waals surface area contributed by atoms with Crippen molar-refractivity contribution in [1.29, 1.82) is 0 Å². The maximum atomic E-state index is 12.9. The Kier molecular flexibility index (Phi) is 6.53. The molecule has 2 amide bonds. The highest BCUT2D eigenvalue weighted by atomic mass is 32.2. The Morgan fingerprint density at radius 1 is 1.10 bits per heavy atom. The summed E-state index contributed by atoms with van der Waals surface area (Å²) in [4.78, 5) is 26.9. The van der Waals surface area contributed by atoms with Crippen molar-refractivity contribution in [3.63, 3.8) is 0 Å². The Morgan fingerprint density at radius 2 is 1.79 bits per heavy atom. The van der Waals surface area contributed by atoms with Crippen LogP contribution in [-0.4, -0.2) is 45.2 Å².